The van der Waals surface area contributed by atoms with Crippen LogP contribution in [0.2, 0.25) is 0 Å². The predicted molar refractivity (Wildman–Crippen MR) is 266 cm³/mol. The van der Waals surface area contributed by atoms with Gasteiger partial charge in [-0.1, -0.05) is 150 Å². The molecule has 0 saturated heterocycles. The lowest BCUT2D eigenvalue weighted by Crippen LogP contribution is -2.33. The Labute approximate surface area is 380 Å². The van der Waals surface area contributed by atoms with Gasteiger partial charge in [-0.05, 0) is 116 Å². The number of aryl methyl sites for hydroxylation is 1. The van der Waals surface area contributed by atoms with Crippen molar-refractivity contribution in [1.82, 2.24) is 9.13 Å². The molecule has 0 amide bonds. The van der Waals surface area contributed by atoms with Crippen molar-refractivity contribution in [2.75, 3.05) is 0 Å². The summed E-state index contributed by atoms with van der Waals surface area (Å²) in [6.45, 7) is 27.5. The molecule has 5 heteroatoms. The maximum Gasteiger partial charge on any atom is 0.287 e. The van der Waals surface area contributed by atoms with Crippen LogP contribution in [0.1, 0.15) is 105 Å². The Kier molecular flexibility index (Phi) is 10.3. The SMILES string of the molecule is C[n+]1ccc(-c2ccc(C(C)(C)C)cc2C(C)(C)C)cc1-n1c2ccccc2c2ccc(Oc3cccc(-n4[c-][n+](-c5cc(C(C)(C)C)cc(C(C)(C)C)c5)c5ccccc54)c3)cc21. The number of hydrogen-bond donors (Lipinski definition) is 0. The van der Waals surface area contributed by atoms with Crippen molar-refractivity contribution in [3.8, 4) is 39.8 Å². The second-order valence-corrected chi connectivity index (χ2v) is 21.8. The van der Waals surface area contributed by atoms with E-state index in [1.54, 1.807) is 0 Å². The molecule has 0 unspecified atom stereocenters. The molecule has 0 atom stereocenters. The zero-order chi connectivity index (χ0) is 45.5. The number of para-hydroxylation sites is 3. The normalized spacial score (nSPS) is 12.8. The number of pyridine rings is 1. The fraction of sp³-hybridized carbons (Fsp3) is 0.288. The first-order chi connectivity index (χ1) is 30.1. The monoisotopic (exact) mass is 843 g/mol. The molecule has 3 heterocycles. The molecule has 0 radical (unpaired) electrons. The van der Waals surface area contributed by atoms with Crippen LogP contribution in [-0.4, -0.2) is 9.13 Å². The van der Waals surface area contributed by atoms with Crippen LogP contribution >= 0.6 is 0 Å². The van der Waals surface area contributed by atoms with Crippen molar-refractivity contribution in [2.24, 2.45) is 7.05 Å². The van der Waals surface area contributed by atoms with Gasteiger partial charge in [-0.2, -0.15) is 4.57 Å². The highest BCUT2D eigenvalue weighted by Gasteiger charge is 2.27. The van der Waals surface area contributed by atoms with E-state index in [0.717, 1.165) is 50.8 Å². The number of hydrogen-bond acceptors (Lipinski definition) is 1. The maximum absolute atomic E-state index is 6.81. The van der Waals surface area contributed by atoms with E-state index in [2.05, 4.69) is 254 Å². The molecule has 3 aromatic heterocycles. The largest absolute Gasteiger partial charge is 0.458 e. The molecule has 0 N–H and O–H groups in total. The van der Waals surface area contributed by atoms with Gasteiger partial charge >= 0.3 is 0 Å². The number of benzene rings is 6. The molecule has 324 valence electrons. The van der Waals surface area contributed by atoms with Crippen LogP contribution < -0.4 is 13.9 Å². The Hall–Kier alpha value is -6.46. The summed E-state index contributed by atoms with van der Waals surface area (Å²) in [4.78, 5) is 0. The number of nitrogens with zero attached hydrogens (tertiary/aromatic N) is 4. The van der Waals surface area contributed by atoms with E-state index in [0.29, 0.717) is 0 Å². The highest BCUT2D eigenvalue weighted by molar-refractivity contribution is 6.09. The second kappa shape index (κ2) is 15.4. The third kappa shape index (κ3) is 7.91. The molecule has 0 aliphatic carbocycles. The molecule has 0 aliphatic rings. The van der Waals surface area contributed by atoms with Crippen molar-refractivity contribution in [3.63, 3.8) is 0 Å². The van der Waals surface area contributed by atoms with Gasteiger partial charge in [0, 0.05) is 22.9 Å². The molecular weight excluding hydrogens is 781 g/mol. The molecule has 0 spiro atoms. The minimum absolute atomic E-state index is 0.00520. The number of imidazole rings is 1. The summed E-state index contributed by atoms with van der Waals surface area (Å²) >= 11 is 0. The summed E-state index contributed by atoms with van der Waals surface area (Å²) in [5, 5.41) is 2.38. The molecule has 0 aliphatic heterocycles. The van der Waals surface area contributed by atoms with E-state index >= 15 is 0 Å². The number of aromatic nitrogens is 4. The van der Waals surface area contributed by atoms with Crippen LogP contribution in [0.25, 0.3) is 61.2 Å². The van der Waals surface area contributed by atoms with Gasteiger partial charge in [0.25, 0.3) is 12.1 Å². The zero-order valence-electron chi connectivity index (χ0n) is 40.1. The lowest BCUT2D eigenvalue weighted by Gasteiger charge is -2.27. The third-order valence-corrected chi connectivity index (χ3v) is 12.8. The molecule has 9 aromatic rings. The van der Waals surface area contributed by atoms with E-state index < -0.39 is 0 Å². The Balaban J connectivity index is 1.13. The Morgan fingerprint density at radius 2 is 1.14 bits per heavy atom. The minimum atomic E-state index is -0.0347. The standard InChI is InChI=1S/C59H63N4O/c1-56(2,3)40-25-27-47(50(35-40)59(10,11)12)39-29-30-60(13)55(31-39)63-51-22-15-14-21-48(51)49-28-26-46(37-54(49)63)64-45-20-18-19-43(36-45)61-38-62(53-24-17-16-23-52(53)61)44-33-41(57(4,5)6)32-42(34-44)58(7,8)9/h14-37H,1-13H3/q+1. The van der Waals surface area contributed by atoms with Gasteiger partial charge in [0.15, 0.2) is 0 Å². The molecular formula is C59H63N4O+. The number of fused-ring (bicyclic) bond motifs is 4. The van der Waals surface area contributed by atoms with Crippen LogP contribution in [0, 0.1) is 6.33 Å². The van der Waals surface area contributed by atoms with Gasteiger partial charge in [-0.3, -0.25) is 9.13 Å². The zero-order valence-corrected chi connectivity index (χ0v) is 40.1. The summed E-state index contributed by atoms with van der Waals surface area (Å²) in [6, 6.07) is 50.7. The Morgan fingerprint density at radius 3 is 1.83 bits per heavy atom. The fourth-order valence-electron chi connectivity index (χ4n) is 8.96. The minimum Gasteiger partial charge on any atom is -0.458 e. The highest BCUT2D eigenvalue weighted by atomic mass is 16.5. The summed E-state index contributed by atoms with van der Waals surface area (Å²) < 4.78 is 15.8. The average Bonchev–Trinajstić information content (AvgIpc) is 3.79. The fourth-order valence-corrected chi connectivity index (χ4v) is 8.96. The van der Waals surface area contributed by atoms with E-state index in [9.17, 15) is 0 Å². The highest BCUT2D eigenvalue weighted by Crippen LogP contribution is 2.39. The predicted octanol–water partition coefficient (Wildman–Crippen LogP) is 14.3. The van der Waals surface area contributed by atoms with Crippen LogP contribution in [0.3, 0.4) is 0 Å². The third-order valence-electron chi connectivity index (χ3n) is 12.8. The summed E-state index contributed by atoms with van der Waals surface area (Å²) in [6.07, 6.45) is 5.94. The van der Waals surface area contributed by atoms with Crippen LogP contribution in [0.5, 0.6) is 11.5 Å². The van der Waals surface area contributed by atoms with Crippen LogP contribution in [0.4, 0.5) is 0 Å². The van der Waals surface area contributed by atoms with Crippen LogP contribution in [-0.2, 0) is 28.7 Å². The molecule has 64 heavy (non-hydrogen) atoms. The van der Waals surface area contributed by atoms with E-state index in [1.807, 2.05) is 6.07 Å². The van der Waals surface area contributed by atoms with Gasteiger partial charge < -0.3 is 4.74 Å². The van der Waals surface area contributed by atoms with E-state index in [4.69, 9.17) is 4.74 Å². The average molecular weight is 844 g/mol. The van der Waals surface area contributed by atoms with Gasteiger partial charge in [-0.25, -0.2) is 4.57 Å². The van der Waals surface area contributed by atoms with Crippen molar-refractivity contribution < 1.29 is 13.9 Å². The van der Waals surface area contributed by atoms with Gasteiger partial charge in [0.1, 0.15) is 22.5 Å². The molecule has 0 saturated carbocycles. The van der Waals surface area contributed by atoms with Crippen molar-refractivity contribution in [2.45, 2.75) is 105 Å². The topological polar surface area (TPSA) is 26.8 Å². The molecule has 0 bridgehead atoms. The number of rotatable bonds is 6. The van der Waals surface area contributed by atoms with E-state index in [1.165, 1.54) is 44.2 Å². The second-order valence-electron chi connectivity index (χ2n) is 21.8. The first-order valence-corrected chi connectivity index (χ1v) is 22.7. The van der Waals surface area contributed by atoms with Gasteiger partial charge in [-0.15, -0.1) is 0 Å². The summed E-state index contributed by atoms with van der Waals surface area (Å²) in [5.41, 5.74) is 14.3. The van der Waals surface area contributed by atoms with E-state index in [-0.39, 0.29) is 21.7 Å². The summed E-state index contributed by atoms with van der Waals surface area (Å²) in [5.74, 6) is 2.60. The van der Waals surface area contributed by atoms with Gasteiger partial charge in [0.05, 0.1) is 35.7 Å². The lowest BCUT2D eigenvalue weighted by atomic mass is 9.77. The molecule has 5 nitrogen and oxygen atoms in total. The molecule has 6 aromatic carbocycles. The number of ether oxygens (including phenoxy) is 1. The molecule has 0 fully saturated rings. The Bertz CT molecular complexity index is 3210. The quantitative estimate of drug-likeness (QED) is 0.121. The summed E-state index contributed by atoms with van der Waals surface area (Å²) in [7, 11) is 2.13. The van der Waals surface area contributed by atoms with Crippen molar-refractivity contribution in [1.29, 1.82) is 0 Å². The van der Waals surface area contributed by atoms with Gasteiger partial charge in [0.2, 0.25) is 0 Å². The molecule has 9 rings (SSSR count). The lowest BCUT2D eigenvalue weighted by molar-refractivity contribution is -0.665. The Morgan fingerprint density at radius 1 is 0.500 bits per heavy atom. The smallest absolute Gasteiger partial charge is 0.287 e. The first-order valence-electron chi connectivity index (χ1n) is 22.7. The van der Waals surface area contributed by atoms with Crippen molar-refractivity contribution >= 4 is 32.8 Å². The van der Waals surface area contributed by atoms with Crippen LogP contribution in [0.15, 0.2) is 146 Å². The maximum atomic E-state index is 6.81. The van der Waals surface area contributed by atoms with Crippen molar-refractivity contribution in [3.05, 3.63) is 174 Å². The first kappa shape index (κ1) is 42.8.